The van der Waals surface area contributed by atoms with E-state index in [9.17, 15) is 4.79 Å². The molecule has 0 fully saturated rings. The van der Waals surface area contributed by atoms with E-state index in [4.69, 9.17) is 10.9 Å². The molecule has 1 aromatic carbocycles. The molecule has 0 aliphatic heterocycles. The van der Waals surface area contributed by atoms with E-state index < -0.39 is 0 Å². The van der Waals surface area contributed by atoms with Crippen LogP contribution in [-0.2, 0) is 11.3 Å². The number of nitrogens with one attached hydrogen (secondary N) is 1. The van der Waals surface area contributed by atoms with Crippen LogP contribution in [0.4, 0.5) is 0 Å². The lowest BCUT2D eigenvalue weighted by Gasteiger charge is -2.11. The number of carbonyl (C=O) groups excluding carboxylic acids is 1. The molecule has 6 nitrogen and oxygen atoms in total. The molecule has 0 heterocycles. The SMILES string of the molecule is CN(C)C(=O)CNCc1cccc(C(N)=NO)c1. The summed E-state index contributed by atoms with van der Waals surface area (Å²) in [5.41, 5.74) is 7.11. The summed E-state index contributed by atoms with van der Waals surface area (Å²) in [7, 11) is 3.42. The number of hydrogen-bond donors (Lipinski definition) is 3. The van der Waals surface area contributed by atoms with Gasteiger partial charge in [0.05, 0.1) is 6.54 Å². The average molecular weight is 250 g/mol. The second kappa shape index (κ2) is 6.61. The van der Waals surface area contributed by atoms with Crippen LogP contribution in [0.5, 0.6) is 0 Å². The van der Waals surface area contributed by atoms with Gasteiger partial charge >= 0.3 is 0 Å². The fraction of sp³-hybridized carbons (Fsp3) is 0.333. The van der Waals surface area contributed by atoms with E-state index in [1.54, 1.807) is 20.2 Å². The van der Waals surface area contributed by atoms with Gasteiger partial charge in [-0.25, -0.2) is 0 Å². The third kappa shape index (κ3) is 4.06. The number of amides is 1. The summed E-state index contributed by atoms with van der Waals surface area (Å²) >= 11 is 0. The third-order valence-corrected chi connectivity index (χ3v) is 2.43. The van der Waals surface area contributed by atoms with Crippen LogP contribution in [0.3, 0.4) is 0 Å². The van der Waals surface area contributed by atoms with Gasteiger partial charge in [0.25, 0.3) is 0 Å². The first kappa shape index (κ1) is 14.0. The molecule has 0 aliphatic rings. The van der Waals surface area contributed by atoms with Crippen LogP contribution in [0, 0.1) is 0 Å². The van der Waals surface area contributed by atoms with Crippen LogP contribution in [0.1, 0.15) is 11.1 Å². The number of nitrogens with zero attached hydrogens (tertiary/aromatic N) is 2. The molecule has 98 valence electrons. The minimum atomic E-state index is 0.0163. The molecular weight excluding hydrogens is 232 g/mol. The number of hydrogen-bond acceptors (Lipinski definition) is 4. The highest BCUT2D eigenvalue weighted by atomic mass is 16.4. The maximum Gasteiger partial charge on any atom is 0.236 e. The zero-order valence-corrected chi connectivity index (χ0v) is 10.6. The second-order valence-electron chi connectivity index (χ2n) is 4.08. The first-order chi connectivity index (χ1) is 8.54. The van der Waals surface area contributed by atoms with Gasteiger partial charge in [-0.3, -0.25) is 4.79 Å². The Bertz CT molecular complexity index is 443. The van der Waals surface area contributed by atoms with E-state index in [0.29, 0.717) is 12.1 Å². The standard InChI is InChI=1S/C12H18N4O2/c1-16(2)11(17)8-14-7-9-4-3-5-10(6-9)12(13)15-18/h3-6,14,18H,7-8H2,1-2H3,(H2,13,15). The Kier molecular flexibility index (Phi) is 5.13. The summed E-state index contributed by atoms with van der Waals surface area (Å²) in [6, 6.07) is 7.28. The Morgan fingerprint density at radius 2 is 2.22 bits per heavy atom. The van der Waals surface area contributed by atoms with Crippen LogP contribution in [0.2, 0.25) is 0 Å². The predicted molar refractivity (Wildman–Crippen MR) is 69.4 cm³/mol. The number of oxime groups is 1. The van der Waals surface area contributed by atoms with Gasteiger partial charge in [0.1, 0.15) is 0 Å². The molecule has 0 atom stereocenters. The Morgan fingerprint density at radius 3 is 2.83 bits per heavy atom. The van der Waals surface area contributed by atoms with Crippen molar-refractivity contribution in [3.8, 4) is 0 Å². The van der Waals surface area contributed by atoms with Crippen LogP contribution in [0.15, 0.2) is 29.4 Å². The average Bonchev–Trinajstić information content (AvgIpc) is 2.37. The Labute approximate surface area is 106 Å². The summed E-state index contributed by atoms with van der Waals surface area (Å²) in [6.07, 6.45) is 0. The lowest BCUT2D eigenvalue weighted by atomic mass is 10.1. The third-order valence-electron chi connectivity index (χ3n) is 2.43. The van der Waals surface area contributed by atoms with Crippen molar-refractivity contribution >= 4 is 11.7 Å². The van der Waals surface area contributed by atoms with Crippen molar-refractivity contribution < 1.29 is 10.0 Å². The highest BCUT2D eigenvalue weighted by Gasteiger charge is 2.04. The fourth-order valence-corrected chi connectivity index (χ4v) is 1.37. The number of nitrogens with two attached hydrogens (primary N) is 1. The molecule has 0 aromatic heterocycles. The lowest BCUT2D eigenvalue weighted by molar-refractivity contribution is -0.127. The minimum Gasteiger partial charge on any atom is -0.409 e. The van der Waals surface area contributed by atoms with Crippen molar-refractivity contribution in [2.45, 2.75) is 6.54 Å². The molecule has 0 spiro atoms. The summed E-state index contributed by atoms with van der Waals surface area (Å²) in [5, 5.41) is 14.6. The van der Waals surface area contributed by atoms with Crippen LogP contribution < -0.4 is 11.1 Å². The normalized spacial score (nSPS) is 11.3. The predicted octanol–water partition coefficient (Wildman–Crippen LogP) is -0.0411. The summed E-state index contributed by atoms with van der Waals surface area (Å²) in [4.78, 5) is 12.9. The number of amidine groups is 1. The van der Waals surface area contributed by atoms with Crippen LogP contribution in [0.25, 0.3) is 0 Å². The summed E-state index contributed by atoms with van der Waals surface area (Å²) in [5.74, 6) is 0.0869. The highest BCUT2D eigenvalue weighted by Crippen LogP contribution is 2.04. The molecule has 4 N–H and O–H groups in total. The van der Waals surface area contributed by atoms with Crippen LogP contribution >= 0.6 is 0 Å². The van der Waals surface area contributed by atoms with Gasteiger partial charge in [0, 0.05) is 26.2 Å². The Morgan fingerprint density at radius 1 is 1.50 bits per heavy atom. The van der Waals surface area contributed by atoms with Crippen molar-refractivity contribution in [1.29, 1.82) is 0 Å². The molecule has 0 aliphatic carbocycles. The monoisotopic (exact) mass is 250 g/mol. The van der Waals surface area contributed by atoms with Crippen molar-refractivity contribution in [2.75, 3.05) is 20.6 Å². The van der Waals surface area contributed by atoms with Gasteiger partial charge < -0.3 is 21.2 Å². The second-order valence-corrected chi connectivity index (χ2v) is 4.08. The van der Waals surface area contributed by atoms with Crippen LogP contribution in [-0.4, -0.2) is 42.5 Å². The molecule has 0 unspecified atom stereocenters. The van der Waals surface area contributed by atoms with Crippen molar-refractivity contribution in [3.05, 3.63) is 35.4 Å². The lowest BCUT2D eigenvalue weighted by Crippen LogP contribution is -2.32. The van der Waals surface area contributed by atoms with Gasteiger partial charge in [0.15, 0.2) is 5.84 Å². The first-order valence-corrected chi connectivity index (χ1v) is 5.52. The van der Waals surface area contributed by atoms with Gasteiger partial charge in [-0.05, 0) is 11.6 Å². The van der Waals surface area contributed by atoms with E-state index in [1.807, 2.05) is 18.2 Å². The number of rotatable bonds is 5. The van der Waals surface area contributed by atoms with Gasteiger partial charge in [-0.1, -0.05) is 23.4 Å². The molecule has 1 aromatic rings. The summed E-state index contributed by atoms with van der Waals surface area (Å²) < 4.78 is 0. The molecule has 0 saturated carbocycles. The Hall–Kier alpha value is -2.08. The fourth-order valence-electron chi connectivity index (χ4n) is 1.37. The van der Waals surface area contributed by atoms with E-state index >= 15 is 0 Å². The molecule has 0 saturated heterocycles. The number of benzene rings is 1. The maximum atomic E-state index is 11.3. The van der Waals surface area contributed by atoms with E-state index in [1.165, 1.54) is 4.90 Å². The molecule has 6 heteroatoms. The quantitative estimate of drug-likeness (QED) is 0.296. The molecule has 1 amide bonds. The van der Waals surface area contributed by atoms with Gasteiger partial charge in [-0.2, -0.15) is 0 Å². The van der Waals surface area contributed by atoms with Crippen molar-refractivity contribution in [2.24, 2.45) is 10.9 Å². The van der Waals surface area contributed by atoms with Crippen molar-refractivity contribution in [3.63, 3.8) is 0 Å². The summed E-state index contributed by atoms with van der Waals surface area (Å²) in [6.45, 7) is 0.826. The molecular formula is C12H18N4O2. The largest absolute Gasteiger partial charge is 0.409 e. The topological polar surface area (TPSA) is 91.0 Å². The smallest absolute Gasteiger partial charge is 0.236 e. The molecule has 1 rings (SSSR count). The highest BCUT2D eigenvalue weighted by molar-refractivity contribution is 5.97. The number of likely N-dealkylation sites (N-methyl/N-ethyl adjacent to an activating group) is 1. The molecule has 0 bridgehead atoms. The van der Waals surface area contributed by atoms with Gasteiger partial charge in [-0.15, -0.1) is 0 Å². The van der Waals surface area contributed by atoms with E-state index in [2.05, 4.69) is 10.5 Å². The zero-order valence-electron chi connectivity index (χ0n) is 10.6. The molecule has 0 radical (unpaired) electrons. The minimum absolute atomic E-state index is 0.0163. The maximum absolute atomic E-state index is 11.3. The Balaban J connectivity index is 2.56. The van der Waals surface area contributed by atoms with Gasteiger partial charge in [0.2, 0.25) is 5.91 Å². The first-order valence-electron chi connectivity index (χ1n) is 5.52. The van der Waals surface area contributed by atoms with E-state index in [-0.39, 0.29) is 18.3 Å². The number of carbonyl (C=O) groups is 1. The van der Waals surface area contributed by atoms with E-state index in [0.717, 1.165) is 5.56 Å². The van der Waals surface area contributed by atoms with Crippen molar-refractivity contribution in [1.82, 2.24) is 10.2 Å². The zero-order chi connectivity index (χ0) is 13.5. The molecule has 18 heavy (non-hydrogen) atoms.